The van der Waals surface area contributed by atoms with E-state index in [0.29, 0.717) is 5.92 Å². The van der Waals surface area contributed by atoms with Gasteiger partial charge in [0.15, 0.2) is 0 Å². The van der Waals surface area contributed by atoms with Gasteiger partial charge in [-0.1, -0.05) is 0 Å². The smallest absolute Gasteiger partial charge is 0.131 e. The Morgan fingerprint density at radius 1 is 1.26 bits per heavy atom. The van der Waals surface area contributed by atoms with Gasteiger partial charge in [-0.2, -0.15) is 0 Å². The molecular weight excluding hydrogens is 336 g/mol. The van der Waals surface area contributed by atoms with Crippen LogP contribution in [0.4, 0.5) is 0 Å². The highest BCUT2D eigenvalue weighted by Gasteiger charge is 2.28. The van der Waals surface area contributed by atoms with Gasteiger partial charge in [0.2, 0.25) is 0 Å². The molecule has 0 bridgehead atoms. The van der Waals surface area contributed by atoms with Crippen molar-refractivity contribution in [1.29, 1.82) is 0 Å². The van der Waals surface area contributed by atoms with Crippen LogP contribution in [0, 0.1) is 0 Å². The normalized spacial score (nSPS) is 17.3. The molecule has 3 aromatic rings. The van der Waals surface area contributed by atoms with Crippen LogP contribution < -0.4 is 4.74 Å². The summed E-state index contributed by atoms with van der Waals surface area (Å²) in [5.41, 5.74) is 5.20. The van der Waals surface area contributed by atoms with E-state index in [-0.39, 0.29) is 0 Å². The highest BCUT2D eigenvalue weighted by molar-refractivity contribution is 5.85. The lowest BCUT2D eigenvalue weighted by molar-refractivity contribution is 0.243. The van der Waals surface area contributed by atoms with Crippen LogP contribution in [0.1, 0.15) is 48.3 Å². The molecule has 1 fully saturated rings. The second-order valence-electron chi connectivity index (χ2n) is 7.76. The second kappa shape index (κ2) is 6.64. The molecule has 2 aliphatic rings. The van der Waals surface area contributed by atoms with E-state index in [1.54, 1.807) is 7.11 Å². The first-order valence-corrected chi connectivity index (χ1v) is 9.98. The van der Waals surface area contributed by atoms with Gasteiger partial charge in [-0.25, -0.2) is 9.97 Å². The quantitative estimate of drug-likeness (QED) is 0.690. The van der Waals surface area contributed by atoms with Gasteiger partial charge in [-0.15, -0.1) is 0 Å². The van der Waals surface area contributed by atoms with Crippen molar-refractivity contribution in [1.82, 2.24) is 19.4 Å². The Kier molecular flexibility index (Phi) is 4.12. The SMILES string of the molecule is CCn1cc(CN2CCc3nc(C4CC4)ncc3C2)c2cc(OC)ccc21. The molecular formula is C22H26N4O. The number of rotatable bonds is 5. The van der Waals surface area contributed by atoms with Crippen molar-refractivity contribution < 1.29 is 4.74 Å². The Bertz CT molecular complexity index is 989. The lowest BCUT2D eigenvalue weighted by Crippen LogP contribution is -2.31. The molecule has 0 saturated heterocycles. The summed E-state index contributed by atoms with van der Waals surface area (Å²) in [7, 11) is 1.73. The lowest BCUT2D eigenvalue weighted by Gasteiger charge is -2.28. The Morgan fingerprint density at radius 3 is 2.93 bits per heavy atom. The predicted molar refractivity (Wildman–Crippen MR) is 106 cm³/mol. The van der Waals surface area contributed by atoms with Crippen molar-refractivity contribution in [2.45, 2.75) is 51.7 Å². The molecule has 5 rings (SSSR count). The average molecular weight is 362 g/mol. The van der Waals surface area contributed by atoms with Gasteiger partial charge < -0.3 is 9.30 Å². The first-order valence-electron chi connectivity index (χ1n) is 9.98. The number of hydrogen-bond donors (Lipinski definition) is 0. The van der Waals surface area contributed by atoms with Crippen LogP contribution in [-0.4, -0.2) is 33.1 Å². The standard InChI is InChI=1S/C22H26N4O/c1-3-26-14-17(19-10-18(27-2)6-7-21(19)26)13-25-9-8-20-16(12-25)11-23-22(24-20)15-4-5-15/h6-7,10-11,14-15H,3-5,8-9,12-13H2,1-2H3. The van der Waals surface area contributed by atoms with Gasteiger partial charge in [-0.05, 0) is 43.5 Å². The monoisotopic (exact) mass is 362 g/mol. The molecule has 5 nitrogen and oxygen atoms in total. The molecule has 1 aromatic carbocycles. The first-order chi connectivity index (χ1) is 13.2. The van der Waals surface area contributed by atoms with Gasteiger partial charge >= 0.3 is 0 Å². The molecule has 0 amide bonds. The maximum Gasteiger partial charge on any atom is 0.131 e. The number of methoxy groups -OCH3 is 1. The van der Waals surface area contributed by atoms with Gasteiger partial charge in [-0.3, -0.25) is 4.90 Å². The second-order valence-corrected chi connectivity index (χ2v) is 7.76. The van der Waals surface area contributed by atoms with E-state index in [4.69, 9.17) is 9.72 Å². The summed E-state index contributed by atoms with van der Waals surface area (Å²) in [6.07, 6.45) is 7.91. The molecule has 140 valence electrons. The summed E-state index contributed by atoms with van der Waals surface area (Å²) in [5.74, 6) is 2.62. The zero-order valence-corrected chi connectivity index (χ0v) is 16.1. The van der Waals surface area contributed by atoms with E-state index in [1.807, 2.05) is 6.07 Å². The van der Waals surface area contributed by atoms with Crippen molar-refractivity contribution in [3.63, 3.8) is 0 Å². The number of hydrogen-bond acceptors (Lipinski definition) is 4. The third kappa shape index (κ3) is 3.10. The summed E-state index contributed by atoms with van der Waals surface area (Å²) in [5, 5.41) is 1.29. The van der Waals surface area contributed by atoms with Crippen LogP contribution in [0.3, 0.4) is 0 Å². The van der Waals surface area contributed by atoms with Crippen molar-refractivity contribution in [3.05, 3.63) is 53.2 Å². The molecule has 3 heterocycles. The van der Waals surface area contributed by atoms with Crippen LogP contribution in [0.15, 0.2) is 30.6 Å². The molecule has 0 N–H and O–H groups in total. The van der Waals surface area contributed by atoms with E-state index in [9.17, 15) is 0 Å². The van der Waals surface area contributed by atoms with Gasteiger partial charge in [0, 0.05) is 73.1 Å². The number of fused-ring (bicyclic) bond motifs is 2. The number of nitrogens with zero attached hydrogens (tertiary/aromatic N) is 4. The van der Waals surface area contributed by atoms with Crippen molar-refractivity contribution in [2.24, 2.45) is 0 Å². The van der Waals surface area contributed by atoms with Crippen LogP contribution in [0.5, 0.6) is 5.75 Å². The minimum Gasteiger partial charge on any atom is -0.497 e. The molecule has 1 aliphatic carbocycles. The molecule has 0 spiro atoms. The van der Waals surface area contributed by atoms with Gasteiger partial charge in [0.05, 0.1) is 7.11 Å². The van der Waals surface area contributed by atoms with Gasteiger partial charge in [0.25, 0.3) is 0 Å². The first kappa shape index (κ1) is 16.8. The molecule has 1 saturated carbocycles. The highest BCUT2D eigenvalue weighted by Crippen LogP contribution is 2.38. The Hall–Kier alpha value is -2.40. The Morgan fingerprint density at radius 2 is 2.15 bits per heavy atom. The van der Waals surface area contributed by atoms with E-state index in [0.717, 1.165) is 44.2 Å². The summed E-state index contributed by atoms with van der Waals surface area (Å²) in [6.45, 7) is 6.10. The number of aromatic nitrogens is 3. The number of aryl methyl sites for hydroxylation is 1. The minimum absolute atomic E-state index is 0.628. The Labute approximate surface area is 160 Å². The van der Waals surface area contributed by atoms with E-state index in [1.165, 1.54) is 40.6 Å². The third-order valence-electron chi connectivity index (χ3n) is 5.88. The van der Waals surface area contributed by atoms with Crippen molar-refractivity contribution >= 4 is 10.9 Å². The molecule has 0 unspecified atom stereocenters. The molecule has 1 aliphatic heterocycles. The zero-order valence-electron chi connectivity index (χ0n) is 16.1. The fraction of sp³-hybridized carbons (Fsp3) is 0.455. The molecule has 27 heavy (non-hydrogen) atoms. The predicted octanol–water partition coefficient (Wildman–Crippen LogP) is 3.90. The summed E-state index contributed by atoms with van der Waals surface area (Å²) < 4.78 is 7.78. The average Bonchev–Trinajstić information content (AvgIpc) is 3.50. The van der Waals surface area contributed by atoms with Gasteiger partial charge in [0.1, 0.15) is 11.6 Å². The maximum absolute atomic E-state index is 5.45. The zero-order chi connectivity index (χ0) is 18.4. The van der Waals surface area contributed by atoms with E-state index < -0.39 is 0 Å². The minimum atomic E-state index is 0.628. The summed E-state index contributed by atoms with van der Waals surface area (Å²) >= 11 is 0. The van der Waals surface area contributed by atoms with Crippen molar-refractivity contribution in [3.8, 4) is 5.75 Å². The highest BCUT2D eigenvalue weighted by atomic mass is 16.5. The largest absolute Gasteiger partial charge is 0.497 e. The molecule has 5 heteroatoms. The molecule has 0 atom stereocenters. The fourth-order valence-electron chi connectivity index (χ4n) is 4.17. The van der Waals surface area contributed by atoms with Crippen LogP contribution in [-0.2, 0) is 26.1 Å². The van der Waals surface area contributed by atoms with E-state index in [2.05, 4.69) is 45.9 Å². The molecule has 0 radical (unpaired) electrons. The van der Waals surface area contributed by atoms with Crippen LogP contribution >= 0.6 is 0 Å². The van der Waals surface area contributed by atoms with Crippen LogP contribution in [0.25, 0.3) is 10.9 Å². The lowest BCUT2D eigenvalue weighted by atomic mass is 10.1. The summed E-state index contributed by atoms with van der Waals surface area (Å²) in [4.78, 5) is 12.0. The van der Waals surface area contributed by atoms with Crippen molar-refractivity contribution in [2.75, 3.05) is 13.7 Å². The summed E-state index contributed by atoms with van der Waals surface area (Å²) in [6, 6.07) is 6.38. The fourth-order valence-corrected chi connectivity index (χ4v) is 4.17. The number of benzene rings is 1. The third-order valence-corrected chi connectivity index (χ3v) is 5.88. The molecule has 2 aromatic heterocycles. The Balaban J connectivity index is 1.40. The van der Waals surface area contributed by atoms with E-state index >= 15 is 0 Å². The number of ether oxygens (including phenoxy) is 1. The maximum atomic E-state index is 5.45. The topological polar surface area (TPSA) is 43.2 Å². The van der Waals surface area contributed by atoms with Crippen LogP contribution in [0.2, 0.25) is 0 Å².